The Morgan fingerprint density at radius 1 is 1.10 bits per heavy atom. The first-order valence-corrected chi connectivity index (χ1v) is 11.1. The largest absolute Gasteiger partial charge is 0.348 e. The highest BCUT2D eigenvalue weighted by Crippen LogP contribution is 2.28. The van der Waals surface area contributed by atoms with E-state index in [-0.39, 0.29) is 30.2 Å². The average Bonchev–Trinajstić information content (AvgIpc) is 3.42. The predicted octanol–water partition coefficient (Wildman–Crippen LogP) is 2.44. The molecule has 0 bridgehead atoms. The molecule has 0 atom stereocenters. The summed E-state index contributed by atoms with van der Waals surface area (Å²) in [5, 5.41) is 3.56. The first kappa shape index (κ1) is 20.3. The van der Waals surface area contributed by atoms with Crippen molar-refractivity contribution in [1.82, 2.24) is 14.1 Å². The van der Waals surface area contributed by atoms with Gasteiger partial charge < -0.3 is 10.2 Å². The third-order valence-corrected chi connectivity index (χ3v) is 6.49. The van der Waals surface area contributed by atoms with Crippen LogP contribution in [0.1, 0.15) is 32.3 Å². The van der Waals surface area contributed by atoms with Crippen LogP contribution in [0, 0.1) is 0 Å². The molecule has 0 radical (unpaired) electrons. The van der Waals surface area contributed by atoms with E-state index in [0.717, 1.165) is 42.1 Å². The fourth-order valence-corrected chi connectivity index (χ4v) is 4.77. The topological polar surface area (TPSA) is 89.2 Å². The van der Waals surface area contributed by atoms with Crippen LogP contribution in [0.3, 0.4) is 0 Å². The molecule has 1 aliphatic rings. The van der Waals surface area contributed by atoms with Gasteiger partial charge in [0.05, 0.1) is 0 Å². The summed E-state index contributed by atoms with van der Waals surface area (Å²) in [6.45, 7) is 5.63. The molecule has 1 N–H and O–H groups in total. The molecule has 1 aliphatic heterocycles. The lowest BCUT2D eigenvalue weighted by Gasteiger charge is -2.12. The number of aryl methyl sites for hydroxylation is 1. The zero-order chi connectivity index (χ0) is 21.3. The Bertz CT molecular complexity index is 1190. The number of nitrogens with zero attached hydrogens (tertiary/aromatic N) is 4. The monoisotopic (exact) mass is 427 g/mol. The van der Waals surface area contributed by atoms with Gasteiger partial charge in [-0.25, -0.2) is 9.78 Å². The van der Waals surface area contributed by atoms with Crippen molar-refractivity contribution in [3.63, 3.8) is 0 Å². The molecule has 3 aromatic rings. The number of nitrogens with one attached hydrogen (secondary N) is 1. The molecule has 9 heteroatoms. The lowest BCUT2D eigenvalue weighted by atomic mass is 10.1. The summed E-state index contributed by atoms with van der Waals surface area (Å²) in [4.78, 5) is 45.1. The van der Waals surface area contributed by atoms with Gasteiger partial charge in [-0.15, -0.1) is 0 Å². The van der Waals surface area contributed by atoms with Gasteiger partial charge in [-0.05, 0) is 43.9 Å². The van der Waals surface area contributed by atoms with Crippen molar-refractivity contribution in [2.45, 2.75) is 46.2 Å². The third kappa shape index (κ3) is 3.77. The first-order chi connectivity index (χ1) is 14.5. The van der Waals surface area contributed by atoms with Gasteiger partial charge in [0.25, 0.3) is 5.56 Å². The van der Waals surface area contributed by atoms with Crippen molar-refractivity contribution in [2.75, 3.05) is 23.3 Å². The number of benzene rings is 1. The van der Waals surface area contributed by atoms with Gasteiger partial charge in [0.1, 0.15) is 11.2 Å². The van der Waals surface area contributed by atoms with E-state index in [2.05, 4.69) is 22.1 Å². The van der Waals surface area contributed by atoms with Gasteiger partial charge in [-0.2, -0.15) is 0 Å². The zero-order valence-electron chi connectivity index (χ0n) is 17.2. The van der Waals surface area contributed by atoms with Crippen molar-refractivity contribution in [2.24, 2.45) is 0 Å². The average molecular weight is 428 g/mol. The van der Waals surface area contributed by atoms with E-state index in [4.69, 9.17) is 0 Å². The number of carbonyl (C=O) groups is 1. The normalized spacial score (nSPS) is 13.9. The fraction of sp³-hybridized carbons (Fsp3) is 0.429. The Kier molecular flexibility index (Phi) is 5.72. The van der Waals surface area contributed by atoms with Crippen molar-refractivity contribution >= 4 is 38.4 Å². The van der Waals surface area contributed by atoms with E-state index >= 15 is 0 Å². The van der Waals surface area contributed by atoms with Crippen molar-refractivity contribution in [3.8, 4) is 0 Å². The molecule has 2 aromatic heterocycles. The van der Waals surface area contributed by atoms with Crippen molar-refractivity contribution in [1.29, 1.82) is 0 Å². The molecule has 1 amide bonds. The minimum absolute atomic E-state index is 0.200. The highest BCUT2D eigenvalue weighted by molar-refractivity contribution is 7.22. The fourth-order valence-electron chi connectivity index (χ4n) is 3.70. The van der Waals surface area contributed by atoms with E-state index in [1.807, 2.05) is 24.3 Å². The van der Waals surface area contributed by atoms with Gasteiger partial charge in [-0.3, -0.25) is 18.7 Å². The van der Waals surface area contributed by atoms with E-state index < -0.39 is 5.69 Å². The lowest BCUT2D eigenvalue weighted by molar-refractivity contribution is -0.116. The van der Waals surface area contributed by atoms with Crippen LogP contribution in [-0.2, 0) is 24.3 Å². The second-order valence-electron chi connectivity index (χ2n) is 7.36. The molecule has 4 rings (SSSR count). The molecule has 0 spiro atoms. The number of carbonyl (C=O) groups excluding carboxylic acids is 1. The van der Waals surface area contributed by atoms with Gasteiger partial charge >= 0.3 is 5.69 Å². The zero-order valence-corrected chi connectivity index (χ0v) is 18.0. The molecular weight excluding hydrogens is 402 g/mol. The second-order valence-corrected chi connectivity index (χ2v) is 8.34. The van der Waals surface area contributed by atoms with Crippen LogP contribution in [0.2, 0.25) is 0 Å². The Morgan fingerprint density at radius 3 is 2.43 bits per heavy atom. The smallest absolute Gasteiger partial charge is 0.333 e. The number of thiazole rings is 1. The molecule has 0 saturated carbocycles. The summed E-state index contributed by atoms with van der Waals surface area (Å²) in [5.74, 6) is -0.334. The molecule has 8 nitrogen and oxygen atoms in total. The standard InChI is InChI=1S/C21H25N5O3S/c1-3-14-7-9-15(10-8-14)22-16(27)13-26-18-17(19(28)25(4-2)21(26)29)30-20(23-18)24-11-5-6-12-24/h7-10H,3-6,11-13H2,1-2H3,(H,22,27). The van der Waals surface area contributed by atoms with Gasteiger partial charge in [0.15, 0.2) is 10.8 Å². The minimum Gasteiger partial charge on any atom is -0.348 e. The summed E-state index contributed by atoms with van der Waals surface area (Å²) in [6, 6.07) is 7.60. The Balaban J connectivity index is 1.70. The summed E-state index contributed by atoms with van der Waals surface area (Å²) in [7, 11) is 0. The van der Waals surface area contributed by atoms with E-state index in [1.54, 1.807) is 6.92 Å². The molecule has 1 saturated heterocycles. The van der Waals surface area contributed by atoms with Crippen LogP contribution in [0.5, 0.6) is 0 Å². The van der Waals surface area contributed by atoms with E-state index in [0.29, 0.717) is 10.4 Å². The van der Waals surface area contributed by atoms with Crippen LogP contribution in [0.25, 0.3) is 10.3 Å². The van der Waals surface area contributed by atoms with Gasteiger partial charge in [-0.1, -0.05) is 30.4 Å². The number of rotatable bonds is 6. The van der Waals surface area contributed by atoms with E-state index in [9.17, 15) is 14.4 Å². The highest BCUT2D eigenvalue weighted by Gasteiger charge is 2.22. The lowest BCUT2D eigenvalue weighted by Crippen LogP contribution is -2.41. The number of hydrogen-bond acceptors (Lipinski definition) is 6. The van der Waals surface area contributed by atoms with Crippen molar-refractivity contribution < 1.29 is 4.79 Å². The van der Waals surface area contributed by atoms with Gasteiger partial charge in [0.2, 0.25) is 5.91 Å². The number of hydrogen-bond donors (Lipinski definition) is 1. The molecule has 3 heterocycles. The maximum absolute atomic E-state index is 12.9. The highest BCUT2D eigenvalue weighted by atomic mass is 32.1. The summed E-state index contributed by atoms with van der Waals surface area (Å²) < 4.78 is 2.89. The molecule has 0 unspecified atom stereocenters. The molecule has 158 valence electrons. The molecule has 1 aromatic carbocycles. The molecule has 0 aliphatic carbocycles. The summed E-state index contributed by atoms with van der Waals surface area (Å²) in [6.07, 6.45) is 3.09. The predicted molar refractivity (Wildman–Crippen MR) is 120 cm³/mol. The Hall–Kier alpha value is -2.94. The van der Waals surface area contributed by atoms with E-state index in [1.165, 1.54) is 21.5 Å². The molecule has 1 fully saturated rings. The minimum atomic E-state index is -0.509. The van der Waals surface area contributed by atoms with Crippen LogP contribution in [0.4, 0.5) is 10.8 Å². The molecular formula is C21H25N5O3S. The Morgan fingerprint density at radius 2 is 1.80 bits per heavy atom. The van der Waals surface area contributed by atoms with Crippen LogP contribution < -0.4 is 21.5 Å². The van der Waals surface area contributed by atoms with Crippen LogP contribution >= 0.6 is 11.3 Å². The maximum Gasteiger partial charge on any atom is 0.333 e. The summed E-state index contributed by atoms with van der Waals surface area (Å²) in [5.41, 5.74) is 1.29. The number of aromatic nitrogens is 3. The van der Waals surface area contributed by atoms with Crippen LogP contribution in [0.15, 0.2) is 33.9 Å². The van der Waals surface area contributed by atoms with Crippen molar-refractivity contribution in [3.05, 3.63) is 50.7 Å². The summed E-state index contributed by atoms with van der Waals surface area (Å²) >= 11 is 1.30. The molecule has 30 heavy (non-hydrogen) atoms. The van der Waals surface area contributed by atoms with Gasteiger partial charge in [0, 0.05) is 25.3 Å². The quantitative estimate of drug-likeness (QED) is 0.653. The number of fused-ring (bicyclic) bond motifs is 1. The Labute approximate surface area is 177 Å². The number of amides is 1. The maximum atomic E-state index is 12.9. The first-order valence-electron chi connectivity index (χ1n) is 10.3. The second kappa shape index (κ2) is 8.43. The number of anilines is 2. The third-order valence-electron chi connectivity index (χ3n) is 5.40. The SMILES string of the molecule is CCc1ccc(NC(=O)Cn2c(=O)n(CC)c(=O)c3sc(N4CCCC4)nc32)cc1. The van der Waals surface area contributed by atoms with Crippen LogP contribution in [-0.4, -0.2) is 33.1 Å².